The summed E-state index contributed by atoms with van der Waals surface area (Å²) in [6.07, 6.45) is 3.33. The highest BCUT2D eigenvalue weighted by molar-refractivity contribution is 5.70. The van der Waals surface area contributed by atoms with Crippen LogP contribution in [0.2, 0.25) is 0 Å². The maximum atomic E-state index is 10.2. The zero-order chi connectivity index (χ0) is 21.6. The molecule has 1 aliphatic heterocycles. The van der Waals surface area contributed by atoms with Crippen molar-refractivity contribution in [2.45, 2.75) is 11.9 Å². The highest BCUT2D eigenvalue weighted by Crippen LogP contribution is 2.50. The molecule has 3 rings (SSSR count). The van der Waals surface area contributed by atoms with E-state index < -0.39 is 17.8 Å². The van der Waals surface area contributed by atoms with Gasteiger partial charge in [-0.1, -0.05) is 42.5 Å². The molecule has 2 unspecified atom stereocenters. The standard InChI is InChI=1S/C24H25NO5/c1-26-15-14-21-22(17-10-12-19(27-2)13-11-17)20(16-25)23(18-8-6-5-7-9-18)30-24(21,28-3)29-4/h5-15,21-22H,1-4H3/b15-14+. The lowest BCUT2D eigenvalue weighted by atomic mass is 9.76. The molecule has 0 saturated carbocycles. The Labute approximate surface area is 176 Å². The van der Waals surface area contributed by atoms with Crippen LogP contribution in [0.3, 0.4) is 0 Å². The van der Waals surface area contributed by atoms with E-state index in [1.165, 1.54) is 14.2 Å². The van der Waals surface area contributed by atoms with Gasteiger partial charge in [-0.05, 0) is 23.8 Å². The van der Waals surface area contributed by atoms with Gasteiger partial charge in [-0.3, -0.25) is 0 Å². The van der Waals surface area contributed by atoms with Crippen molar-refractivity contribution >= 4 is 5.76 Å². The van der Waals surface area contributed by atoms with Crippen LogP contribution in [0.4, 0.5) is 0 Å². The molecule has 6 nitrogen and oxygen atoms in total. The Morgan fingerprint density at radius 1 is 0.967 bits per heavy atom. The molecule has 0 bridgehead atoms. The molecule has 2 aromatic rings. The van der Waals surface area contributed by atoms with E-state index in [1.807, 2.05) is 54.6 Å². The molecule has 6 heteroatoms. The van der Waals surface area contributed by atoms with Crippen LogP contribution in [0, 0.1) is 17.2 Å². The second-order valence-electron chi connectivity index (χ2n) is 6.68. The summed E-state index contributed by atoms with van der Waals surface area (Å²) in [5.41, 5.74) is 2.13. The summed E-state index contributed by atoms with van der Waals surface area (Å²) >= 11 is 0. The zero-order valence-electron chi connectivity index (χ0n) is 17.5. The average molecular weight is 407 g/mol. The van der Waals surface area contributed by atoms with Gasteiger partial charge >= 0.3 is 5.97 Å². The third-order valence-corrected chi connectivity index (χ3v) is 5.19. The Hall–Kier alpha value is -3.27. The van der Waals surface area contributed by atoms with Crippen molar-refractivity contribution in [1.29, 1.82) is 5.26 Å². The monoisotopic (exact) mass is 407 g/mol. The number of allylic oxidation sites excluding steroid dienone is 1. The van der Waals surface area contributed by atoms with E-state index in [1.54, 1.807) is 26.6 Å². The fraction of sp³-hybridized carbons (Fsp3) is 0.292. The van der Waals surface area contributed by atoms with E-state index in [9.17, 15) is 5.26 Å². The predicted molar refractivity (Wildman–Crippen MR) is 112 cm³/mol. The third-order valence-electron chi connectivity index (χ3n) is 5.19. The Bertz CT molecular complexity index is 940. The van der Waals surface area contributed by atoms with Gasteiger partial charge in [0.2, 0.25) is 0 Å². The molecule has 2 atom stereocenters. The Morgan fingerprint density at radius 3 is 2.17 bits per heavy atom. The van der Waals surface area contributed by atoms with Gasteiger partial charge < -0.3 is 23.7 Å². The van der Waals surface area contributed by atoms with Crippen molar-refractivity contribution < 1.29 is 23.7 Å². The lowest BCUT2D eigenvalue weighted by Crippen LogP contribution is -2.49. The van der Waals surface area contributed by atoms with E-state index >= 15 is 0 Å². The quantitative estimate of drug-likeness (QED) is 0.498. The van der Waals surface area contributed by atoms with Crippen LogP contribution < -0.4 is 4.74 Å². The molecule has 0 N–H and O–H groups in total. The van der Waals surface area contributed by atoms with E-state index in [4.69, 9.17) is 23.7 Å². The molecule has 1 heterocycles. The molecule has 0 fully saturated rings. The van der Waals surface area contributed by atoms with E-state index in [0.717, 1.165) is 16.9 Å². The van der Waals surface area contributed by atoms with Crippen LogP contribution in [-0.2, 0) is 18.9 Å². The average Bonchev–Trinajstić information content (AvgIpc) is 2.82. The summed E-state index contributed by atoms with van der Waals surface area (Å²) in [6, 6.07) is 19.4. The van der Waals surface area contributed by atoms with E-state index in [2.05, 4.69) is 6.07 Å². The first kappa shape index (κ1) is 21.4. The smallest absolute Gasteiger partial charge is 0.334 e. The number of hydrogen-bond donors (Lipinski definition) is 0. The molecule has 0 saturated heterocycles. The fourth-order valence-corrected chi connectivity index (χ4v) is 3.73. The zero-order valence-corrected chi connectivity index (χ0v) is 17.5. The summed E-state index contributed by atoms with van der Waals surface area (Å²) in [5, 5.41) is 10.2. The minimum Gasteiger partial charge on any atom is -0.505 e. The molecular weight excluding hydrogens is 382 g/mol. The van der Waals surface area contributed by atoms with Gasteiger partial charge in [0.05, 0.1) is 38.0 Å². The topological polar surface area (TPSA) is 69.9 Å². The van der Waals surface area contributed by atoms with Gasteiger partial charge in [-0.15, -0.1) is 0 Å². The highest BCUT2D eigenvalue weighted by Gasteiger charge is 2.52. The van der Waals surface area contributed by atoms with Crippen LogP contribution in [0.25, 0.3) is 5.76 Å². The minimum atomic E-state index is -1.45. The molecule has 30 heavy (non-hydrogen) atoms. The molecular formula is C24H25NO5. The lowest BCUT2D eigenvalue weighted by molar-refractivity contribution is -0.361. The molecule has 0 amide bonds. The maximum Gasteiger partial charge on any atom is 0.334 e. The summed E-state index contributed by atoms with van der Waals surface area (Å²) in [4.78, 5) is 0. The van der Waals surface area contributed by atoms with Crippen molar-refractivity contribution in [3.05, 3.63) is 83.6 Å². The second kappa shape index (κ2) is 9.49. The van der Waals surface area contributed by atoms with Crippen LogP contribution in [0.15, 0.2) is 72.5 Å². The summed E-state index contributed by atoms with van der Waals surface area (Å²) in [6.45, 7) is 0. The van der Waals surface area contributed by atoms with E-state index in [0.29, 0.717) is 11.3 Å². The van der Waals surface area contributed by atoms with Crippen molar-refractivity contribution in [2.24, 2.45) is 5.92 Å². The largest absolute Gasteiger partial charge is 0.505 e. The molecule has 2 aromatic carbocycles. The maximum absolute atomic E-state index is 10.2. The summed E-state index contributed by atoms with van der Waals surface area (Å²) in [7, 11) is 6.20. The van der Waals surface area contributed by atoms with Crippen LogP contribution in [-0.4, -0.2) is 34.4 Å². The highest BCUT2D eigenvalue weighted by atomic mass is 16.9. The van der Waals surface area contributed by atoms with Crippen LogP contribution in [0.1, 0.15) is 17.0 Å². The Balaban J connectivity index is 2.28. The van der Waals surface area contributed by atoms with Gasteiger partial charge in [0.25, 0.3) is 0 Å². The van der Waals surface area contributed by atoms with Crippen molar-refractivity contribution in [3.63, 3.8) is 0 Å². The number of hydrogen-bond acceptors (Lipinski definition) is 6. The third kappa shape index (κ3) is 3.90. The first-order valence-corrected chi connectivity index (χ1v) is 9.46. The van der Waals surface area contributed by atoms with Crippen molar-refractivity contribution in [3.8, 4) is 11.8 Å². The molecule has 0 aromatic heterocycles. The number of nitrogens with zero attached hydrogens (tertiary/aromatic N) is 1. The molecule has 0 spiro atoms. The van der Waals surface area contributed by atoms with Gasteiger partial charge in [0.15, 0.2) is 0 Å². The van der Waals surface area contributed by atoms with Crippen LogP contribution >= 0.6 is 0 Å². The number of benzene rings is 2. The summed E-state index contributed by atoms with van der Waals surface area (Å²) < 4.78 is 28.2. The van der Waals surface area contributed by atoms with Gasteiger partial charge in [-0.2, -0.15) is 5.26 Å². The number of ether oxygens (including phenoxy) is 5. The normalized spacial score (nSPS) is 20.5. The molecule has 0 radical (unpaired) electrons. The number of nitriles is 1. The predicted octanol–water partition coefficient (Wildman–Crippen LogP) is 4.47. The molecule has 1 aliphatic rings. The summed E-state index contributed by atoms with van der Waals surface area (Å²) in [5.74, 6) is -1.21. The van der Waals surface area contributed by atoms with E-state index in [-0.39, 0.29) is 0 Å². The van der Waals surface area contributed by atoms with Crippen molar-refractivity contribution in [2.75, 3.05) is 28.4 Å². The van der Waals surface area contributed by atoms with Gasteiger partial charge in [-0.25, -0.2) is 0 Å². The van der Waals surface area contributed by atoms with Crippen LogP contribution in [0.5, 0.6) is 5.75 Å². The number of methoxy groups -OCH3 is 4. The molecule has 0 aliphatic carbocycles. The molecule has 156 valence electrons. The first-order valence-electron chi connectivity index (χ1n) is 9.46. The van der Waals surface area contributed by atoms with Gasteiger partial charge in [0, 0.05) is 25.7 Å². The Kier molecular flexibility index (Phi) is 6.78. The van der Waals surface area contributed by atoms with Gasteiger partial charge in [0.1, 0.15) is 11.5 Å². The minimum absolute atomic E-state index is 0.406. The van der Waals surface area contributed by atoms with Crippen molar-refractivity contribution in [1.82, 2.24) is 0 Å². The SMILES string of the molecule is CO/C=C/C1C(c2ccc(OC)cc2)C(C#N)=C(c2ccccc2)OC1(OC)OC. The first-order chi connectivity index (χ1) is 14.6. The number of rotatable bonds is 7. The lowest BCUT2D eigenvalue weighted by Gasteiger charge is -2.44. The Morgan fingerprint density at radius 2 is 1.63 bits per heavy atom. The second-order valence-corrected chi connectivity index (χ2v) is 6.68. The fourth-order valence-electron chi connectivity index (χ4n) is 3.73.